The number of amides is 2. The summed E-state index contributed by atoms with van der Waals surface area (Å²) in [5.41, 5.74) is 3.85. The van der Waals surface area contributed by atoms with Crippen molar-refractivity contribution in [1.82, 2.24) is 14.9 Å². The Morgan fingerprint density at radius 1 is 1.00 bits per heavy atom. The van der Waals surface area contributed by atoms with E-state index in [4.69, 9.17) is 4.98 Å². The molecule has 0 spiro atoms. The van der Waals surface area contributed by atoms with Crippen LogP contribution in [-0.2, 0) is 11.3 Å². The van der Waals surface area contributed by atoms with E-state index in [0.717, 1.165) is 21.1 Å². The molecule has 6 nitrogen and oxygen atoms in total. The molecule has 1 unspecified atom stereocenters. The summed E-state index contributed by atoms with van der Waals surface area (Å²) >= 11 is 3.39. The van der Waals surface area contributed by atoms with Crippen LogP contribution in [0.3, 0.4) is 0 Å². The summed E-state index contributed by atoms with van der Waals surface area (Å²) < 4.78 is 2.79. The van der Waals surface area contributed by atoms with Gasteiger partial charge in [0.1, 0.15) is 12.4 Å². The average Bonchev–Trinajstić information content (AvgIpc) is 3.14. The molecule has 1 aromatic heterocycles. The van der Waals surface area contributed by atoms with Crippen LogP contribution >= 0.6 is 15.9 Å². The summed E-state index contributed by atoms with van der Waals surface area (Å²) in [6.07, 6.45) is 0. The molecule has 2 N–H and O–H groups in total. The lowest BCUT2D eigenvalue weighted by atomic mass is 10.1. The molecule has 0 aliphatic rings. The van der Waals surface area contributed by atoms with Crippen LogP contribution in [0.25, 0.3) is 11.0 Å². The van der Waals surface area contributed by atoms with Gasteiger partial charge in [0.15, 0.2) is 0 Å². The molecule has 2 amide bonds. The van der Waals surface area contributed by atoms with E-state index in [1.807, 2.05) is 85.1 Å². The summed E-state index contributed by atoms with van der Waals surface area (Å²) in [6.45, 7) is 3.86. The second-order valence-electron chi connectivity index (χ2n) is 7.61. The van der Waals surface area contributed by atoms with Crippen LogP contribution in [0.15, 0.2) is 77.3 Å². The minimum Gasteiger partial charge on any atom is -0.342 e. The predicted octanol–water partition coefficient (Wildman–Crippen LogP) is 5.24. The van der Waals surface area contributed by atoms with Crippen LogP contribution in [0, 0.1) is 6.92 Å². The first-order chi connectivity index (χ1) is 15.4. The second-order valence-corrected chi connectivity index (χ2v) is 8.53. The number of halogens is 1. The molecule has 1 heterocycles. The maximum atomic E-state index is 12.8. The molecule has 0 aliphatic carbocycles. The number of fused-ring (bicyclic) bond motifs is 1. The number of imidazole rings is 1. The van der Waals surface area contributed by atoms with Crippen molar-refractivity contribution in [2.24, 2.45) is 0 Å². The van der Waals surface area contributed by atoms with E-state index < -0.39 is 6.04 Å². The van der Waals surface area contributed by atoms with E-state index in [1.54, 1.807) is 6.07 Å². The first-order valence-electron chi connectivity index (χ1n) is 10.3. The molecule has 32 heavy (non-hydrogen) atoms. The number of aromatic nitrogens is 2. The third-order valence-corrected chi connectivity index (χ3v) is 5.77. The number of nitrogens with one attached hydrogen (secondary N) is 2. The van der Waals surface area contributed by atoms with Gasteiger partial charge in [-0.05, 0) is 61.9 Å². The number of para-hydroxylation sites is 2. The number of hydrogen-bond donors (Lipinski definition) is 2. The lowest BCUT2D eigenvalue weighted by Crippen LogP contribution is -2.30. The number of carbonyl (C=O) groups excluding carboxylic acids is 2. The van der Waals surface area contributed by atoms with E-state index in [-0.39, 0.29) is 18.4 Å². The predicted molar refractivity (Wildman–Crippen MR) is 130 cm³/mol. The number of rotatable bonds is 6. The fraction of sp³-hybridized carbons (Fsp3) is 0.160. The summed E-state index contributed by atoms with van der Waals surface area (Å²) in [5.74, 6) is 0.279. The van der Waals surface area contributed by atoms with Gasteiger partial charge in [0, 0.05) is 15.7 Å². The zero-order valence-corrected chi connectivity index (χ0v) is 19.4. The Kier molecular flexibility index (Phi) is 6.37. The summed E-state index contributed by atoms with van der Waals surface area (Å²) in [6, 6.07) is 22.1. The Bertz CT molecular complexity index is 1280. The van der Waals surface area contributed by atoms with E-state index in [1.165, 1.54) is 0 Å². The van der Waals surface area contributed by atoms with Gasteiger partial charge in [-0.3, -0.25) is 9.59 Å². The summed E-state index contributed by atoms with van der Waals surface area (Å²) in [7, 11) is 0. The molecule has 3 aromatic carbocycles. The Hall–Kier alpha value is -3.45. The van der Waals surface area contributed by atoms with Gasteiger partial charge in [-0.1, -0.05) is 46.3 Å². The minimum absolute atomic E-state index is 0.0798. The standard InChI is InChI=1S/C25H23BrN4O2/c1-16-7-3-4-8-20(16)25(32)27-17(2)24-29-21-9-5-6-10-22(21)30(24)15-23(31)28-19-13-11-18(26)12-14-19/h3-14,17H,15H2,1-2H3,(H,27,32)(H,28,31). The highest BCUT2D eigenvalue weighted by Crippen LogP contribution is 2.22. The SMILES string of the molecule is Cc1ccccc1C(=O)NC(C)c1nc2ccccc2n1CC(=O)Nc1ccc(Br)cc1. The third-order valence-electron chi connectivity index (χ3n) is 5.24. The van der Waals surface area contributed by atoms with Crippen LogP contribution in [0.4, 0.5) is 5.69 Å². The van der Waals surface area contributed by atoms with Gasteiger partial charge < -0.3 is 15.2 Å². The zero-order valence-electron chi connectivity index (χ0n) is 17.8. The van der Waals surface area contributed by atoms with Gasteiger partial charge in [-0.25, -0.2) is 4.98 Å². The molecule has 4 aromatic rings. The van der Waals surface area contributed by atoms with Crippen LogP contribution in [0.2, 0.25) is 0 Å². The maximum Gasteiger partial charge on any atom is 0.252 e. The van der Waals surface area contributed by atoms with Gasteiger partial charge in [0.25, 0.3) is 5.91 Å². The molecule has 0 radical (unpaired) electrons. The third kappa shape index (κ3) is 4.73. The Morgan fingerprint density at radius 3 is 2.44 bits per heavy atom. The topological polar surface area (TPSA) is 76.0 Å². The quantitative estimate of drug-likeness (QED) is 0.388. The largest absolute Gasteiger partial charge is 0.342 e. The minimum atomic E-state index is -0.394. The van der Waals surface area contributed by atoms with Crippen LogP contribution in [-0.4, -0.2) is 21.4 Å². The highest BCUT2D eigenvalue weighted by Gasteiger charge is 2.21. The Morgan fingerprint density at radius 2 is 1.69 bits per heavy atom. The molecular formula is C25H23BrN4O2. The monoisotopic (exact) mass is 490 g/mol. The smallest absolute Gasteiger partial charge is 0.252 e. The fourth-order valence-electron chi connectivity index (χ4n) is 3.63. The molecule has 1 atom stereocenters. The van der Waals surface area contributed by atoms with Crippen LogP contribution < -0.4 is 10.6 Å². The highest BCUT2D eigenvalue weighted by molar-refractivity contribution is 9.10. The van der Waals surface area contributed by atoms with Crippen molar-refractivity contribution in [3.05, 3.63) is 94.2 Å². The number of aryl methyl sites for hydroxylation is 1. The molecule has 7 heteroatoms. The van der Waals surface area contributed by atoms with Gasteiger partial charge >= 0.3 is 0 Å². The lowest BCUT2D eigenvalue weighted by molar-refractivity contribution is -0.116. The summed E-state index contributed by atoms with van der Waals surface area (Å²) in [5, 5.41) is 5.94. The van der Waals surface area contributed by atoms with Gasteiger partial charge in [0.2, 0.25) is 5.91 Å². The normalized spacial score (nSPS) is 11.8. The maximum absolute atomic E-state index is 12.8. The van der Waals surface area contributed by atoms with E-state index in [9.17, 15) is 9.59 Å². The molecule has 0 aliphatic heterocycles. The number of carbonyl (C=O) groups is 2. The fourth-order valence-corrected chi connectivity index (χ4v) is 3.90. The molecule has 0 saturated heterocycles. The van der Waals surface area contributed by atoms with Gasteiger partial charge in [-0.15, -0.1) is 0 Å². The van der Waals surface area contributed by atoms with Crippen molar-refractivity contribution < 1.29 is 9.59 Å². The summed E-state index contributed by atoms with van der Waals surface area (Å²) in [4.78, 5) is 30.4. The molecule has 0 saturated carbocycles. The molecule has 162 valence electrons. The van der Waals surface area contributed by atoms with Crippen molar-refractivity contribution in [2.75, 3.05) is 5.32 Å². The van der Waals surface area contributed by atoms with Crippen molar-refractivity contribution in [2.45, 2.75) is 26.4 Å². The van der Waals surface area contributed by atoms with E-state index >= 15 is 0 Å². The number of benzene rings is 3. The van der Waals surface area contributed by atoms with E-state index in [2.05, 4.69) is 26.6 Å². The molecular weight excluding hydrogens is 468 g/mol. The highest BCUT2D eigenvalue weighted by atomic mass is 79.9. The molecule has 0 fully saturated rings. The number of anilines is 1. The number of hydrogen-bond acceptors (Lipinski definition) is 3. The lowest BCUT2D eigenvalue weighted by Gasteiger charge is -2.17. The Labute approximate surface area is 194 Å². The first kappa shape index (κ1) is 21.8. The van der Waals surface area contributed by atoms with E-state index in [0.29, 0.717) is 17.1 Å². The van der Waals surface area contributed by atoms with Crippen LogP contribution in [0.1, 0.15) is 34.7 Å². The first-order valence-corrected chi connectivity index (χ1v) is 11.1. The van der Waals surface area contributed by atoms with Gasteiger partial charge in [-0.2, -0.15) is 0 Å². The second kappa shape index (κ2) is 9.36. The van der Waals surface area contributed by atoms with Crippen molar-refractivity contribution >= 4 is 44.5 Å². The number of nitrogens with zero attached hydrogens (tertiary/aromatic N) is 2. The van der Waals surface area contributed by atoms with Crippen molar-refractivity contribution in [1.29, 1.82) is 0 Å². The average molecular weight is 491 g/mol. The van der Waals surface area contributed by atoms with Crippen molar-refractivity contribution in [3.63, 3.8) is 0 Å². The van der Waals surface area contributed by atoms with Crippen LogP contribution in [0.5, 0.6) is 0 Å². The Balaban J connectivity index is 1.59. The zero-order chi connectivity index (χ0) is 22.7. The molecule has 0 bridgehead atoms. The van der Waals surface area contributed by atoms with Gasteiger partial charge in [0.05, 0.1) is 17.1 Å². The van der Waals surface area contributed by atoms with Crippen molar-refractivity contribution in [3.8, 4) is 0 Å². The molecule has 4 rings (SSSR count).